The molecule has 1 rings (SSSR count). The van der Waals surface area contributed by atoms with Gasteiger partial charge in [0.25, 0.3) is 0 Å². The summed E-state index contributed by atoms with van der Waals surface area (Å²) in [5.74, 6) is 6.96. The molecule has 0 N–H and O–H groups in total. The van der Waals surface area contributed by atoms with E-state index in [0.717, 1.165) is 32.7 Å². The third kappa shape index (κ3) is 5.00. The van der Waals surface area contributed by atoms with E-state index in [0.29, 0.717) is 0 Å². The summed E-state index contributed by atoms with van der Waals surface area (Å²) < 4.78 is 5.45. The van der Waals surface area contributed by atoms with Gasteiger partial charge in [0.2, 0.25) is 0 Å². The monoisotopic (exact) mass is 251 g/mol. The zero-order valence-electron chi connectivity index (χ0n) is 12.4. The molecule has 18 heavy (non-hydrogen) atoms. The molecule has 0 bridgehead atoms. The van der Waals surface area contributed by atoms with Gasteiger partial charge in [0.1, 0.15) is 0 Å². The van der Waals surface area contributed by atoms with Crippen LogP contribution in [-0.2, 0) is 4.74 Å². The van der Waals surface area contributed by atoms with Crippen LogP contribution in [0.3, 0.4) is 0 Å². The van der Waals surface area contributed by atoms with Crippen LogP contribution in [0.2, 0.25) is 0 Å². The highest BCUT2D eigenvalue weighted by atomic mass is 16.5. The van der Waals surface area contributed by atoms with Crippen molar-refractivity contribution in [1.82, 2.24) is 4.90 Å². The highest BCUT2D eigenvalue weighted by Gasteiger charge is 2.30. The van der Waals surface area contributed by atoms with Crippen LogP contribution in [0.25, 0.3) is 0 Å². The molecule has 0 radical (unpaired) electrons. The molecule has 2 heteroatoms. The Labute approximate surface area is 113 Å². The maximum atomic E-state index is 5.45. The Hall–Kier alpha value is -0.520. The lowest BCUT2D eigenvalue weighted by atomic mass is 9.92. The van der Waals surface area contributed by atoms with Crippen LogP contribution in [0.1, 0.15) is 59.3 Å². The summed E-state index contributed by atoms with van der Waals surface area (Å²) in [6.07, 6.45) is 7.19. The van der Waals surface area contributed by atoms with E-state index in [1.807, 2.05) is 0 Å². The van der Waals surface area contributed by atoms with Crippen LogP contribution >= 0.6 is 0 Å². The van der Waals surface area contributed by atoms with Gasteiger partial charge >= 0.3 is 0 Å². The minimum atomic E-state index is 0.0630. The van der Waals surface area contributed by atoms with Gasteiger partial charge in [-0.1, -0.05) is 39.0 Å². The lowest BCUT2D eigenvalue weighted by molar-refractivity contribution is -0.000516. The molecule has 0 aromatic heterocycles. The topological polar surface area (TPSA) is 12.5 Å². The molecular weight excluding hydrogens is 222 g/mol. The van der Waals surface area contributed by atoms with Crippen molar-refractivity contribution in [2.24, 2.45) is 0 Å². The summed E-state index contributed by atoms with van der Waals surface area (Å²) in [5, 5.41) is 0. The van der Waals surface area contributed by atoms with Gasteiger partial charge in [0.15, 0.2) is 0 Å². The van der Waals surface area contributed by atoms with Crippen molar-refractivity contribution in [3.05, 3.63) is 0 Å². The number of hydrogen-bond donors (Lipinski definition) is 0. The average molecular weight is 251 g/mol. The smallest absolute Gasteiger partial charge is 0.0798 e. The van der Waals surface area contributed by atoms with E-state index in [2.05, 4.69) is 37.5 Å². The Morgan fingerprint density at radius 3 is 2.39 bits per heavy atom. The molecule has 0 aromatic rings. The lowest BCUT2D eigenvalue weighted by Crippen LogP contribution is -2.50. The number of unbranched alkanes of at least 4 members (excludes halogenated alkanes) is 3. The fourth-order valence-corrected chi connectivity index (χ4v) is 2.40. The van der Waals surface area contributed by atoms with E-state index < -0.39 is 0 Å². The number of nitrogens with zero attached hydrogens (tertiary/aromatic N) is 1. The van der Waals surface area contributed by atoms with Crippen molar-refractivity contribution in [3.8, 4) is 11.8 Å². The molecule has 1 aliphatic rings. The van der Waals surface area contributed by atoms with E-state index in [-0.39, 0.29) is 5.54 Å². The van der Waals surface area contributed by atoms with Crippen molar-refractivity contribution < 1.29 is 4.74 Å². The van der Waals surface area contributed by atoms with Gasteiger partial charge < -0.3 is 4.74 Å². The van der Waals surface area contributed by atoms with Crippen molar-refractivity contribution >= 4 is 0 Å². The Morgan fingerprint density at radius 1 is 1.11 bits per heavy atom. The number of hydrogen-bond acceptors (Lipinski definition) is 2. The van der Waals surface area contributed by atoms with Crippen LogP contribution in [-0.4, -0.2) is 36.7 Å². The Kier molecular flexibility index (Phi) is 7.39. The molecule has 0 saturated carbocycles. The summed E-state index contributed by atoms with van der Waals surface area (Å²) in [6, 6.07) is 0. The Morgan fingerprint density at radius 2 is 1.78 bits per heavy atom. The largest absolute Gasteiger partial charge is 0.379 e. The second-order valence-electron chi connectivity index (χ2n) is 5.38. The molecule has 1 saturated heterocycles. The number of morpholine rings is 1. The SMILES string of the molecule is CCCCC#CC(C)(CCCC)N1CCOCC1. The first-order chi connectivity index (χ1) is 8.73. The average Bonchev–Trinajstić information content (AvgIpc) is 2.42. The molecule has 0 aliphatic carbocycles. The van der Waals surface area contributed by atoms with Gasteiger partial charge in [-0.25, -0.2) is 0 Å². The second-order valence-corrected chi connectivity index (χ2v) is 5.38. The zero-order valence-corrected chi connectivity index (χ0v) is 12.4. The molecule has 0 spiro atoms. The fraction of sp³-hybridized carbons (Fsp3) is 0.875. The zero-order chi connectivity index (χ0) is 13.3. The van der Waals surface area contributed by atoms with Crippen LogP contribution in [0, 0.1) is 11.8 Å². The predicted octanol–water partition coefficient (Wildman–Crippen LogP) is 3.46. The maximum Gasteiger partial charge on any atom is 0.0798 e. The molecule has 1 heterocycles. The van der Waals surface area contributed by atoms with E-state index in [1.165, 1.54) is 32.1 Å². The summed E-state index contributed by atoms with van der Waals surface area (Å²) in [5.41, 5.74) is 0.0630. The molecule has 1 unspecified atom stereocenters. The first-order valence-corrected chi connectivity index (χ1v) is 7.55. The number of rotatable bonds is 6. The molecule has 104 valence electrons. The van der Waals surface area contributed by atoms with Crippen molar-refractivity contribution in [2.75, 3.05) is 26.3 Å². The summed E-state index contributed by atoms with van der Waals surface area (Å²) >= 11 is 0. The highest BCUT2D eigenvalue weighted by Crippen LogP contribution is 2.23. The Bertz CT molecular complexity index is 273. The van der Waals surface area contributed by atoms with E-state index in [1.54, 1.807) is 0 Å². The molecule has 1 fully saturated rings. The van der Waals surface area contributed by atoms with Crippen LogP contribution in [0.15, 0.2) is 0 Å². The minimum Gasteiger partial charge on any atom is -0.379 e. The maximum absolute atomic E-state index is 5.45. The summed E-state index contributed by atoms with van der Waals surface area (Å²) in [4.78, 5) is 2.52. The van der Waals surface area contributed by atoms with Crippen LogP contribution in [0.4, 0.5) is 0 Å². The van der Waals surface area contributed by atoms with Crippen LogP contribution < -0.4 is 0 Å². The van der Waals surface area contributed by atoms with E-state index in [4.69, 9.17) is 4.74 Å². The Balaban J connectivity index is 2.62. The fourth-order valence-electron chi connectivity index (χ4n) is 2.40. The van der Waals surface area contributed by atoms with Gasteiger partial charge in [-0.3, -0.25) is 4.90 Å². The second kappa shape index (κ2) is 8.56. The van der Waals surface area contributed by atoms with Gasteiger partial charge in [-0.05, 0) is 19.8 Å². The summed E-state index contributed by atoms with van der Waals surface area (Å²) in [6.45, 7) is 10.6. The molecule has 0 aromatic carbocycles. The third-order valence-corrected chi connectivity index (χ3v) is 3.74. The van der Waals surface area contributed by atoms with Gasteiger partial charge in [0, 0.05) is 19.5 Å². The molecule has 2 nitrogen and oxygen atoms in total. The predicted molar refractivity (Wildman–Crippen MR) is 77.6 cm³/mol. The van der Waals surface area contributed by atoms with Crippen LogP contribution in [0.5, 0.6) is 0 Å². The van der Waals surface area contributed by atoms with Gasteiger partial charge in [-0.15, -0.1) is 5.92 Å². The van der Waals surface area contributed by atoms with E-state index in [9.17, 15) is 0 Å². The standard InChI is InChI=1S/C16H29NO/c1-4-6-8-9-11-16(3,10-7-5-2)17-12-14-18-15-13-17/h4-8,10,12-15H2,1-3H3. The lowest BCUT2D eigenvalue weighted by Gasteiger charge is -2.40. The van der Waals surface area contributed by atoms with Crippen molar-refractivity contribution in [2.45, 2.75) is 64.8 Å². The van der Waals surface area contributed by atoms with E-state index >= 15 is 0 Å². The normalized spacial score (nSPS) is 19.9. The minimum absolute atomic E-state index is 0.0630. The summed E-state index contributed by atoms with van der Waals surface area (Å²) in [7, 11) is 0. The highest BCUT2D eigenvalue weighted by molar-refractivity contribution is 5.17. The third-order valence-electron chi connectivity index (χ3n) is 3.74. The molecule has 1 atom stereocenters. The quantitative estimate of drug-likeness (QED) is 0.529. The molecule has 0 amide bonds. The van der Waals surface area contributed by atoms with Crippen molar-refractivity contribution in [3.63, 3.8) is 0 Å². The molecular formula is C16H29NO. The van der Waals surface area contributed by atoms with Gasteiger partial charge in [-0.2, -0.15) is 0 Å². The number of ether oxygens (including phenoxy) is 1. The first kappa shape index (κ1) is 15.5. The van der Waals surface area contributed by atoms with Gasteiger partial charge in [0.05, 0.1) is 18.8 Å². The van der Waals surface area contributed by atoms with Crippen molar-refractivity contribution in [1.29, 1.82) is 0 Å². The molecule has 1 aliphatic heterocycles. The first-order valence-electron chi connectivity index (χ1n) is 7.55.